The van der Waals surface area contributed by atoms with Crippen molar-refractivity contribution in [2.45, 2.75) is 13.2 Å². The molecule has 0 aliphatic heterocycles. The molecule has 2 aromatic carbocycles. The first-order valence-corrected chi connectivity index (χ1v) is 7.56. The Morgan fingerprint density at radius 2 is 1.92 bits per heavy atom. The third-order valence-electron chi connectivity index (χ3n) is 3.56. The van der Waals surface area contributed by atoms with Crippen molar-refractivity contribution >= 4 is 5.95 Å². The second-order valence-corrected chi connectivity index (χ2v) is 5.20. The number of nitrogens with zero attached hydrogens (tertiary/aromatic N) is 4. The van der Waals surface area contributed by atoms with E-state index in [1.165, 1.54) is 0 Å². The maximum atomic E-state index is 6.02. The molecule has 3 aromatic rings. The summed E-state index contributed by atoms with van der Waals surface area (Å²) in [6.07, 6.45) is 0. The van der Waals surface area contributed by atoms with Gasteiger partial charge in [0, 0.05) is 19.2 Å². The van der Waals surface area contributed by atoms with Gasteiger partial charge in [-0.05, 0) is 22.1 Å². The lowest BCUT2D eigenvalue weighted by Gasteiger charge is -2.15. The molecular formula is C17H19N5O2. The van der Waals surface area contributed by atoms with E-state index in [1.807, 2.05) is 48.5 Å². The quantitative estimate of drug-likeness (QED) is 0.719. The third kappa shape index (κ3) is 3.62. The number of nitrogens with one attached hydrogen (secondary N) is 1. The second-order valence-electron chi connectivity index (χ2n) is 5.20. The van der Waals surface area contributed by atoms with Crippen LogP contribution in [0.25, 0.3) is 0 Å². The molecule has 124 valence electrons. The number of ether oxygens (including phenoxy) is 2. The van der Waals surface area contributed by atoms with Crippen molar-refractivity contribution in [3.8, 4) is 11.5 Å². The van der Waals surface area contributed by atoms with Crippen LogP contribution in [0.5, 0.6) is 11.5 Å². The van der Waals surface area contributed by atoms with Gasteiger partial charge in [-0.3, -0.25) is 0 Å². The van der Waals surface area contributed by atoms with Gasteiger partial charge in [0.25, 0.3) is 0 Å². The summed E-state index contributed by atoms with van der Waals surface area (Å²) in [7, 11) is 3.41. The van der Waals surface area contributed by atoms with E-state index in [9.17, 15) is 0 Å². The van der Waals surface area contributed by atoms with Crippen molar-refractivity contribution in [3.63, 3.8) is 0 Å². The Hall–Kier alpha value is -3.09. The first-order valence-electron chi connectivity index (χ1n) is 7.56. The summed E-state index contributed by atoms with van der Waals surface area (Å²) in [4.78, 5) is 0. The van der Waals surface area contributed by atoms with E-state index in [2.05, 4.69) is 20.8 Å². The molecule has 1 aromatic heterocycles. The maximum Gasteiger partial charge on any atom is 0.242 e. The minimum absolute atomic E-state index is 0.472. The van der Waals surface area contributed by atoms with Crippen LogP contribution < -0.4 is 14.8 Å². The van der Waals surface area contributed by atoms with Crippen molar-refractivity contribution < 1.29 is 9.47 Å². The van der Waals surface area contributed by atoms with Crippen LogP contribution >= 0.6 is 0 Å². The maximum absolute atomic E-state index is 6.02. The van der Waals surface area contributed by atoms with E-state index >= 15 is 0 Å². The number of hydrogen-bond donors (Lipinski definition) is 1. The number of methoxy groups -OCH3 is 1. The van der Waals surface area contributed by atoms with Crippen LogP contribution in [0.3, 0.4) is 0 Å². The average Bonchev–Trinajstić information content (AvgIpc) is 3.04. The van der Waals surface area contributed by atoms with Crippen LogP contribution in [0.15, 0.2) is 48.5 Å². The zero-order chi connectivity index (χ0) is 16.8. The number of aryl methyl sites for hydroxylation is 1. The average molecular weight is 325 g/mol. The minimum Gasteiger partial charge on any atom is -0.493 e. The minimum atomic E-state index is 0.472. The number of rotatable bonds is 7. The van der Waals surface area contributed by atoms with E-state index < -0.39 is 0 Å². The smallest absolute Gasteiger partial charge is 0.242 e. The van der Waals surface area contributed by atoms with E-state index in [4.69, 9.17) is 9.47 Å². The molecule has 3 rings (SSSR count). The third-order valence-corrected chi connectivity index (χ3v) is 3.56. The highest BCUT2D eigenvalue weighted by atomic mass is 16.5. The first kappa shape index (κ1) is 15.8. The lowest BCUT2D eigenvalue weighted by molar-refractivity contribution is 0.281. The second kappa shape index (κ2) is 7.45. The Morgan fingerprint density at radius 1 is 1.08 bits per heavy atom. The molecule has 0 saturated heterocycles. The van der Waals surface area contributed by atoms with Crippen LogP contribution in [-0.4, -0.2) is 27.3 Å². The first-order chi connectivity index (χ1) is 11.8. The number of para-hydroxylation sites is 1. The molecule has 24 heavy (non-hydrogen) atoms. The van der Waals surface area contributed by atoms with Gasteiger partial charge in [0.05, 0.1) is 7.11 Å². The van der Waals surface area contributed by atoms with Gasteiger partial charge in [0.1, 0.15) is 6.61 Å². The molecule has 1 heterocycles. The number of aromatic nitrogens is 4. The summed E-state index contributed by atoms with van der Waals surface area (Å²) in [6.45, 7) is 0.995. The fraction of sp³-hybridized carbons (Fsp3) is 0.235. The largest absolute Gasteiger partial charge is 0.493 e. The molecule has 7 heteroatoms. The monoisotopic (exact) mass is 325 g/mol. The predicted octanol–water partition coefficient (Wildman–Crippen LogP) is 2.41. The Morgan fingerprint density at radius 3 is 2.62 bits per heavy atom. The van der Waals surface area contributed by atoms with Crippen molar-refractivity contribution in [2.75, 3.05) is 12.4 Å². The molecule has 0 fully saturated rings. The highest BCUT2D eigenvalue weighted by Crippen LogP contribution is 2.32. The zero-order valence-electron chi connectivity index (χ0n) is 13.6. The standard InChI is InChI=1S/C17H19N5O2/c1-22-17(19-20-21-22)18-11-14-9-6-10-15(23-2)16(14)24-12-13-7-4-3-5-8-13/h3-10H,11-12H2,1-2H3,(H,18,19,21). The van der Waals surface area contributed by atoms with Crippen molar-refractivity contribution in [1.29, 1.82) is 0 Å². The number of tetrazole rings is 1. The van der Waals surface area contributed by atoms with Gasteiger partial charge in [-0.2, -0.15) is 0 Å². The normalized spacial score (nSPS) is 10.4. The Kier molecular flexibility index (Phi) is 4.90. The van der Waals surface area contributed by atoms with Crippen LogP contribution in [0, 0.1) is 0 Å². The molecular weight excluding hydrogens is 306 g/mol. The SMILES string of the molecule is COc1cccc(CNc2nnnn2C)c1OCc1ccccc1. The zero-order valence-corrected chi connectivity index (χ0v) is 13.6. The molecule has 0 radical (unpaired) electrons. The van der Waals surface area contributed by atoms with Crippen LogP contribution in [0.1, 0.15) is 11.1 Å². The number of benzene rings is 2. The lowest BCUT2D eigenvalue weighted by atomic mass is 10.1. The molecule has 0 aliphatic carbocycles. The van der Waals surface area contributed by atoms with Gasteiger partial charge in [0.15, 0.2) is 11.5 Å². The summed E-state index contributed by atoms with van der Waals surface area (Å²) in [6, 6.07) is 15.8. The molecule has 7 nitrogen and oxygen atoms in total. The van der Waals surface area contributed by atoms with Crippen LogP contribution in [0.4, 0.5) is 5.95 Å². The van der Waals surface area contributed by atoms with Gasteiger partial charge in [-0.25, -0.2) is 4.68 Å². The van der Waals surface area contributed by atoms with E-state index in [-0.39, 0.29) is 0 Å². The molecule has 0 unspecified atom stereocenters. The van der Waals surface area contributed by atoms with Crippen molar-refractivity contribution in [2.24, 2.45) is 7.05 Å². The fourth-order valence-electron chi connectivity index (χ4n) is 2.31. The molecule has 0 spiro atoms. The summed E-state index contributed by atoms with van der Waals surface area (Å²) < 4.78 is 13.0. The summed E-state index contributed by atoms with van der Waals surface area (Å²) in [5.41, 5.74) is 2.06. The predicted molar refractivity (Wildman–Crippen MR) is 89.9 cm³/mol. The van der Waals surface area contributed by atoms with Gasteiger partial charge in [-0.1, -0.05) is 47.6 Å². The van der Waals surface area contributed by atoms with Gasteiger partial charge in [-0.15, -0.1) is 0 Å². The Labute approximate surface area is 140 Å². The van der Waals surface area contributed by atoms with Gasteiger partial charge >= 0.3 is 0 Å². The lowest BCUT2D eigenvalue weighted by Crippen LogP contribution is -2.08. The Balaban J connectivity index is 1.77. The van der Waals surface area contributed by atoms with Gasteiger partial charge in [0.2, 0.25) is 5.95 Å². The highest BCUT2D eigenvalue weighted by molar-refractivity contribution is 5.48. The fourth-order valence-corrected chi connectivity index (χ4v) is 2.31. The van der Waals surface area contributed by atoms with Crippen LogP contribution in [-0.2, 0) is 20.2 Å². The topological polar surface area (TPSA) is 74.1 Å². The molecule has 0 amide bonds. The molecule has 1 N–H and O–H groups in total. The molecule has 0 bridgehead atoms. The summed E-state index contributed by atoms with van der Waals surface area (Å²) >= 11 is 0. The molecule has 0 saturated carbocycles. The molecule has 0 atom stereocenters. The summed E-state index contributed by atoms with van der Waals surface area (Å²) in [5, 5.41) is 14.5. The molecule has 0 aliphatic rings. The number of anilines is 1. The van der Waals surface area contributed by atoms with Crippen molar-refractivity contribution in [3.05, 3.63) is 59.7 Å². The summed E-state index contributed by atoms with van der Waals surface area (Å²) in [5.74, 6) is 2.00. The Bertz CT molecular complexity index is 789. The van der Waals surface area contributed by atoms with Crippen molar-refractivity contribution in [1.82, 2.24) is 20.2 Å². The highest BCUT2D eigenvalue weighted by Gasteiger charge is 2.12. The van der Waals surface area contributed by atoms with Crippen LogP contribution in [0.2, 0.25) is 0 Å². The van der Waals surface area contributed by atoms with Gasteiger partial charge < -0.3 is 14.8 Å². The number of hydrogen-bond acceptors (Lipinski definition) is 6. The van der Waals surface area contributed by atoms with E-state index in [0.717, 1.165) is 11.1 Å². The van der Waals surface area contributed by atoms with E-state index in [0.29, 0.717) is 30.6 Å². The van der Waals surface area contributed by atoms with E-state index in [1.54, 1.807) is 18.8 Å².